The standard InChI is InChI=1S/C26H25ClFN3O4S/c1-3-30(4-2)36(34,35)21-12-7-18(8-13-21)26(33)31-16-24(32)29-23-14-9-19(27)15-22(23)25(31)17-5-10-20(28)11-6-17/h5-15,25H,3-4,16H2,1-2H3,(H,29,32)/t25-/m1/s1. The van der Waals surface area contributed by atoms with E-state index in [9.17, 15) is 22.4 Å². The number of fused-ring (bicyclic) bond motifs is 1. The molecular formula is C26H25ClFN3O4S. The van der Waals surface area contributed by atoms with Crippen molar-refractivity contribution in [1.82, 2.24) is 9.21 Å². The van der Waals surface area contributed by atoms with E-state index in [0.29, 0.717) is 34.9 Å². The maximum Gasteiger partial charge on any atom is 0.255 e. The third-order valence-corrected chi connectivity index (χ3v) is 8.40. The van der Waals surface area contributed by atoms with Crippen LogP contribution in [0.2, 0.25) is 5.02 Å². The van der Waals surface area contributed by atoms with E-state index in [1.165, 1.54) is 45.6 Å². The first-order valence-corrected chi connectivity index (χ1v) is 13.2. The predicted octanol–water partition coefficient (Wildman–Crippen LogP) is 4.69. The van der Waals surface area contributed by atoms with Crippen molar-refractivity contribution in [2.45, 2.75) is 24.8 Å². The molecule has 0 spiro atoms. The Kier molecular flexibility index (Phi) is 7.44. The highest BCUT2D eigenvalue weighted by Gasteiger charge is 2.34. The molecular weight excluding hydrogens is 505 g/mol. The van der Waals surface area contributed by atoms with Gasteiger partial charge in [0, 0.05) is 34.9 Å². The van der Waals surface area contributed by atoms with E-state index < -0.39 is 33.7 Å². The van der Waals surface area contributed by atoms with E-state index in [-0.39, 0.29) is 17.0 Å². The van der Waals surface area contributed by atoms with Gasteiger partial charge in [-0.05, 0) is 60.2 Å². The van der Waals surface area contributed by atoms with Crippen molar-refractivity contribution < 1.29 is 22.4 Å². The quantitative estimate of drug-likeness (QED) is 0.502. The van der Waals surface area contributed by atoms with Crippen molar-refractivity contribution in [1.29, 1.82) is 0 Å². The lowest BCUT2D eigenvalue weighted by molar-refractivity contribution is -0.117. The van der Waals surface area contributed by atoms with Crippen LogP contribution >= 0.6 is 11.6 Å². The van der Waals surface area contributed by atoms with Crippen molar-refractivity contribution in [3.05, 3.63) is 94.3 Å². The van der Waals surface area contributed by atoms with Gasteiger partial charge < -0.3 is 10.2 Å². The minimum Gasteiger partial charge on any atom is -0.324 e. The smallest absolute Gasteiger partial charge is 0.255 e. The molecule has 1 atom stereocenters. The first-order valence-electron chi connectivity index (χ1n) is 11.4. The number of carbonyl (C=O) groups excluding carboxylic acids is 2. The third kappa shape index (κ3) is 5.00. The number of hydrogen-bond acceptors (Lipinski definition) is 4. The molecule has 0 fully saturated rings. The van der Waals surface area contributed by atoms with Crippen LogP contribution in [-0.4, -0.2) is 49.1 Å². The second-order valence-electron chi connectivity index (χ2n) is 8.28. The average molecular weight is 530 g/mol. The number of sulfonamides is 1. The second-order valence-corrected chi connectivity index (χ2v) is 10.7. The third-order valence-electron chi connectivity index (χ3n) is 6.10. The van der Waals surface area contributed by atoms with Gasteiger partial charge in [-0.1, -0.05) is 37.6 Å². The molecule has 0 radical (unpaired) electrons. The summed E-state index contributed by atoms with van der Waals surface area (Å²) in [4.78, 5) is 27.9. The number of hydrogen-bond donors (Lipinski definition) is 1. The molecule has 7 nitrogen and oxygen atoms in total. The summed E-state index contributed by atoms with van der Waals surface area (Å²) >= 11 is 6.26. The van der Waals surface area contributed by atoms with E-state index in [2.05, 4.69) is 5.32 Å². The summed E-state index contributed by atoms with van der Waals surface area (Å²) in [6, 6.07) is 15.5. The highest BCUT2D eigenvalue weighted by atomic mass is 35.5. The minimum absolute atomic E-state index is 0.0728. The molecule has 188 valence electrons. The topological polar surface area (TPSA) is 86.8 Å². The lowest BCUT2D eigenvalue weighted by Crippen LogP contribution is -2.39. The van der Waals surface area contributed by atoms with Crippen molar-refractivity contribution in [2.24, 2.45) is 0 Å². The van der Waals surface area contributed by atoms with Gasteiger partial charge >= 0.3 is 0 Å². The fraction of sp³-hybridized carbons (Fsp3) is 0.231. The van der Waals surface area contributed by atoms with E-state index >= 15 is 0 Å². The Labute approximate surface area is 214 Å². The normalized spacial score (nSPS) is 15.9. The Morgan fingerprint density at radius 3 is 2.31 bits per heavy atom. The largest absolute Gasteiger partial charge is 0.324 e. The number of anilines is 1. The van der Waals surface area contributed by atoms with Gasteiger partial charge in [0.05, 0.1) is 10.9 Å². The molecule has 0 bridgehead atoms. The van der Waals surface area contributed by atoms with Gasteiger partial charge in [0.2, 0.25) is 15.9 Å². The van der Waals surface area contributed by atoms with Gasteiger partial charge in [-0.3, -0.25) is 9.59 Å². The summed E-state index contributed by atoms with van der Waals surface area (Å²) in [5.74, 6) is -1.33. The first-order chi connectivity index (χ1) is 17.1. The second kappa shape index (κ2) is 10.4. The fourth-order valence-corrected chi connectivity index (χ4v) is 5.96. The van der Waals surface area contributed by atoms with E-state index in [1.54, 1.807) is 44.2 Å². The van der Waals surface area contributed by atoms with Crippen LogP contribution in [0, 0.1) is 5.82 Å². The molecule has 1 aliphatic heterocycles. The maximum absolute atomic E-state index is 13.7. The fourth-order valence-electron chi connectivity index (χ4n) is 4.32. The number of halogens is 2. The minimum atomic E-state index is -3.69. The molecule has 1 heterocycles. The number of rotatable bonds is 6. The molecule has 3 aromatic rings. The summed E-state index contributed by atoms with van der Waals surface area (Å²) < 4.78 is 40.7. The number of nitrogens with one attached hydrogen (secondary N) is 1. The van der Waals surface area contributed by atoms with Gasteiger partial charge in [-0.2, -0.15) is 4.31 Å². The van der Waals surface area contributed by atoms with Crippen molar-refractivity contribution in [2.75, 3.05) is 25.0 Å². The monoisotopic (exact) mass is 529 g/mol. The van der Waals surface area contributed by atoms with Crippen LogP contribution in [0.15, 0.2) is 71.6 Å². The number of amides is 2. The van der Waals surface area contributed by atoms with E-state index in [1.807, 2.05) is 0 Å². The van der Waals surface area contributed by atoms with Crippen molar-refractivity contribution in [3.63, 3.8) is 0 Å². The van der Waals surface area contributed by atoms with Gasteiger partial charge in [0.15, 0.2) is 0 Å². The van der Waals surface area contributed by atoms with E-state index in [4.69, 9.17) is 11.6 Å². The zero-order valence-electron chi connectivity index (χ0n) is 19.7. The van der Waals surface area contributed by atoms with Gasteiger partial charge in [0.1, 0.15) is 12.4 Å². The Hall–Kier alpha value is -3.27. The summed E-state index contributed by atoms with van der Waals surface area (Å²) in [6.07, 6.45) is 0. The first kappa shape index (κ1) is 25.8. The van der Waals surface area contributed by atoms with Crippen LogP contribution in [0.1, 0.15) is 41.4 Å². The van der Waals surface area contributed by atoms with Crippen LogP contribution in [0.25, 0.3) is 0 Å². The molecule has 0 aliphatic carbocycles. The van der Waals surface area contributed by atoms with Crippen molar-refractivity contribution >= 4 is 39.1 Å². The molecule has 36 heavy (non-hydrogen) atoms. The molecule has 4 rings (SSSR count). The van der Waals surface area contributed by atoms with Gasteiger partial charge in [-0.15, -0.1) is 0 Å². The summed E-state index contributed by atoms with van der Waals surface area (Å²) in [5.41, 5.74) is 1.87. The summed E-state index contributed by atoms with van der Waals surface area (Å²) in [5, 5.41) is 3.21. The van der Waals surface area contributed by atoms with Crippen LogP contribution < -0.4 is 5.32 Å². The SMILES string of the molecule is CCN(CC)S(=O)(=O)c1ccc(C(=O)N2CC(=O)Nc3ccc(Cl)cc3[C@H]2c2ccc(F)cc2)cc1. The van der Waals surface area contributed by atoms with Crippen LogP contribution in [0.5, 0.6) is 0 Å². The molecule has 2 amide bonds. The lowest BCUT2D eigenvalue weighted by atomic mass is 9.95. The Morgan fingerprint density at radius 2 is 1.69 bits per heavy atom. The zero-order valence-corrected chi connectivity index (χ0v) is 21.3. The van der Waals surface area contributed by atoms with Crippen LogP contribution in [0.4, 0.5) is 10.1 Å². The highest BCUT2D eigenvalue weighted by molar-refractivity contribution is 7.89. The predicted molar refractivity (Wildman–Crippen MR) is 136 cm³/mol. The zero-order chi connectivity index (χ0) is 26.0. The molecule has 0 aromatic heterocycles. The van der Waals surface area contributed by atoms with Crippen LogP contribution in [0.3, 0.4) is 0 Å². The Morgan fingerprint density at radius 1 is 1.06 bits per heavy atom. The highest BCUT2D eigenvalue weighted by Crippen LogP contribution is 2.38. The Bertz CT molecular complexity index is 1390. The molecule has 10 heteroatoms. The average Bonchev–Trinajstić information content (AvgIpc) is 3.00. The van der Waals surface area contributed by atoms with E-state index in [0.717, 1.165) is 0 Å². The summed E-state index contributed by atoms with van der Waals surface area (Å²) in [7, 11) is -3.69. The van der Waals surface area contributed by atoms with Crippen molar-refractivity contribution in [3.8, 4) is 0 Å². The molecule has 1 aliphatic rings. The molecule has 0 saturated heterocycles. The molecule has 0 unspecified atom stereocenters. The molecule has 1 N–H and O–H groups in total. The van der Waals surface area contributed by atoms with Gasteiger partial charge in [0.25, 0.3) is 5.91 Å². The summed E-state index contributed by atoms with van der Waals surface area (Å²) in [6.45, 7) is 3.88. The van der Waals surface area contributed by atoms with Gasteiger partial charge in [-0.25, -0.2) is 12.8 Å². The number of benzene rings is 3. The molecule has 3 aromatic carbocycles. The Balaban J connectivity index is 1.78. The maximum atomic E-state index is 13.7. The lowest BCUT2D eigenvalue weighted by Gasteiger charge is -2.31. The molecule has 0 saturated carbocycles. The number of nitrogens with zero attached hydrogens (tertiary/aromatic N) is 2. The van der Waals surface area contributed by atoms with Crippen LogP contribution in [-0.2, 0) is 14.8 Å². The number of carbonyl (C=O) groups is 2.